The Morgan fingerprint density at radius 2 is 1.84 bits per heavy atom. The van der Waals surface area contributed by atoms with Crippen LogP contribution in [0.5, 0.6) is 5.75 Å². The number of likely N-dealkylation sites (N-methyl/N-ethyl adjacent to an activating group) is 1. The molecule has 0 heterocycles. The summed E-state index contributed by atoms with van der Waals surface area (Å²) in [5.74, 6) is 0.664. The Hall–Kier alpha value is -2.45. The average molecular weight is 364 g/mol. The summed E-state index contributed by atoms with van der Waals surface area (Å²) in [7, 11) is -2.42. The van der Waals surface area contributed by atoms with Crippen LogP contribution in [-0.2, 0) is 10.0 Å². The summed E-state index contributed by atoms with van der Waals surface area (Å²) < 4.78 is 32.0. The summed E-state index contributed by atoms with van der Waals surface area (Å²) in [6.45, 7) is 3.67. The van der Waals surface area contributed by atoms with Crippen molar-refractivity contribution in [3.63, 3.8) is 0 Å². The number of aryl methyl sites for hydroxylation is 1. The van der Waals surface area contributed by atoms with Gasteiger partial charge in [0.05, 0.1) is 9.82 Å². The molecule has 0 aliphatic rings. The quantitative estimate of drug-likeness (QED) is 0.557. The van der Waals surface area contributed by atoms with Crippen LogP contribution in [0.1, 0.15) is 11.1 Å². The Morgan fingerprint density at radius 3 is 2.48 bits per heavy atom. The fraction of sp³-hybridized carbons (Fsp3) is 0.294. The van der Waals surface area contributed by atoms with Crippen molar-refractivity contribution in [1.29, 1.82) is 0 Å². The lowest BCUT2D eigenvalue weighted by atomic mass is 10.2. The minimum Gasteiger partial charge on any atom is -0.492 e. The highest BCUT2D eigenvalue weighted by Gasteiger charge is 2.26. The second-order valence-electron chi connectivity index (χ2n) is 5.65. The molecule has 0 unspecified atom stereocenters. The standard InChI is InChI=1S/C17H20N2O5S/c1-13-6-4-7-15(12-13)24-11-10-18(3)25(22,23)17-9-5-8-16(14(17)2)19(20)21/h4-9,12H,10-11H2,1-3H3. The van der Waals surface area contributed by atoms with E-state index < -0.39 is 14.9 Å². The summed E-state index contributed by atoms with van der Waals surface area (Å²) in [6.07, 6.45) is 0. The Morgan fingerprint density at radius 1 is 1.16 bits per heavy atom. The second-order valence-corrected chi connectivity index (χ2v) is 7.66. The molecule has 2 rings (SSSR count). The van der Waals surface area contributed by atoms with Crippen molar-refractivity contribution in [3.8, 4) is 5.75 Å². The first-order chi connectivity index (χ1) is 11.7. The van der Waals surface area contributed by atoms with Crippen molar-refractivity contribution in [2.75, 3.05) is 20.2 Å². The van der Waals surface area contributed by atoms with Crippen LogP contribution >= 0.6 is 0 Å². The van der Waals surface area contributed by atoms with Crippen LogP contribution in [-0.4, -0.2) is 37.8 Å². The molecule has 134 valence electrons. The zero-order valence-corrected chi connectivity index (χ0v) is 15.1. The van der Waals surface area contributed by atoms with Crippen molar-refractivity contribution in [1.82, 2.24) is 4.31 Å². The van der Waals surface area contributed by atoms with E-state index in [0.717, 1.165) is 9.87 Å². The zero-order valence-electron chi connectivity index (χ0n) is 14.3. The third-order valence-electron chi connectivity index (χ3n) is 3.80. The van der Waals surface area contributed by atoms with Gasteiger partial charge in [-0.15, -0.1) is 0 Å². The van der Waals surface area contributed by atoms with Crippen LogP contribution in [0.25, 0.3) is 0 Å². The lowest BCUT2D eigenvalue weighted by Crippen LogP contribution is -2.31. The number of nitrogens with zero attached hydrogens (tertiary/aromatic N) is 2. The lowest BCUT2D eigenvalue weighted by Gasteiger charge is -2.18. The number of ether oxygens (including phenoxy) is 1. The first-order valence-corrected chi connectivity index (χ1v) is 9.07. The Balaban J connectivity index is 2.11. The smallest absolute Gasteiger partial charge is 0.273 e. The molecule has 0 bridgehead atoms. The maximum atomic E-state index is 12.7. The third-order valence-corrected chi connectivity index (χ3v) is 5.81. The molecule has 0 aromatic heterocycles. The van der Waals surface area contributed by atoms with Crippen LogP contribution in [0, 0.1) is 24.0 Å². The zero-order chi connectivity index (χ0) is 18.6. The number of hydrogen-bond donors (Lipinski definition) is 0. The molecular weight excluding hydrogens is 344 g/mol. The van der Waals surface area contributed by atoms with Gasteiger partial charge in [-0.3, -0.25) is 10.1 Å². The van der Waals surface area contributed by atoms with E-state index >= 15 is 0 Å². The fourth-order valence-electron chi connectivity index (χ4n) is 2.37. The Labute approximate surface area is 147 Å². The van der Waals surface area contributed by atoms with Gasteiger partial charge in [0.2, 0.25) is 10.0 Å². The van der Waals surface area contributed by atoms with Crippen LogP contribution in [0.2, 0.25) is 0 Å². The molecule has 2 aromatic rings. The number of hydrogen-bond acceptors (Lipinski definition) is 5. The van der Waals surface area contributed by atoms with E-state index in [9.17, 15) is 18.5 Å². The van der Waals surface area contributed by atoms with Gasteiger partial charge in [0.25, 0.3) is 5.69 Å². The summed E-state index contributed by atoms with van der Waals surface area (Å²) in [6, 6.07) is 11.5. The normalized spacial score (nSPS) is 11.5. The van der Waals surface area contributed by atoms with Crippen LogP contribution < -0.4 is 4.74 Å². The van der Waals surface area contributed by atoms with Gasteiger partial charge in [0, 0.05) is 25.2 Å². The topological polar surface area (TPSA) is 89.8 Å². The molecule has 0 saturated heterocycles. The molecule has 0 N–H and O–H groups in total. The van der Waals surface area contributed by atoms with E-state index in [1.54, 1.807) is 6.07 Å². The van der Waals surface area contributed by atoms with Crippen molar-refractivity contribution in [3.05, 3.63) is 63.7 Å². The van der Waals surface area contributed by atoms with Gasteiger partial charge in [-0.05, 0) is 37.6 Å². The van der Waals surface area contributed by atoms with E-state index in [1.807, 2.05) is 25.1 Å². The highest BCUT2D eigenvalue weighted by Crippen LogP contribution is 2.26. The van der Waals surface area contributed by atoms with Crippen molar-refractivity contribution in [2.24, 2.45) is 0 Å². The molecule has 0 spiro atoms. The van der Waals surface area contributed by atoms with Gasteiger partial charge < -0.3 is 4.74 Å². The number of benzene rings is 2. The van der Waals surface area contributed by atoms with E-state index in [2.05, 4.69) is 0 Å². The molecule has 25 heavy (non-hydrogen) atoms. The largest absolute Gasteiger partial charge is 0.492 e. The van der Waals surface area contributed by atoms with Gasteiger partial charge in [0.1, 0.15) is 12.4 Å². The molecule has 2 aromatic carbocycles. The minimum atomic E-state index is -3.84. The molecule has 7 nitrogen and oxygen atoms in total. The number of sulfonamides is 1. The second kappa shape index (κ2) is 7.62. The minimum absolute atomic E-state index is 0.0697. The molecule has 0 saturated carbocycles. The van der Waals surface area contributed by atoms with Crippen LogP contribution in [0.15, 0.2) is 47.4 Å². The van der Waals surface area contributed by atoms with Gasteiger partial charge >= 0.3 is 0 Å². The first kappa shape index (κ1) is 18.9. The average Bonchev–Trinajstić information content (AvgIpc) is 2.54. The summed E-state index contributed by atoms with van der Waals surface area (Å²) >= 11 is 0. The highest BCUT2D eigenvalue weighted by atomic mass is 32.2. The number of nitro benzene ring substituents is 1. The van der Waals surface area contributed by atoms with Crippen molar-refractivity contribution < 1.29 is 18.1 Å². The van der Waals surface area contributed by atoms with Crippen LogP contribution in [0.3, 0.4) is 0 Å². The van der Waals surface area contributed by atoms with Gasteiger partial charge in [-0.25, -0.2) is 8.42 Å². The predicted molar refractivity (Wildman–Crippen MR) is 94.3 cm³/mol. The van der Waals surface area contributed by atoms with E-state index in [4.69, 9.17) is 4.74 Å². The molecule has 8 heteroatoms. The lowest BCUT2D eigenvalue weighted by molar-refractivity contribution is -0.385. The molecule has 0 atom stereocenters. The SMILES string of the molecule is Cc1cccc(OCCN(C)S(=O)(=O)c2cccc([N+](=O)[O-])c2C)c1. The van der Waals surface area contributed by atoms with E-state index in [0.29, 0.717) is 5.75 Å². The van der Waals surface area contributed by atoms with Crippen molar-refractivity contribution in [2.45, 2.75) is 18.7 Å². The maximum absolute atomic E-state index is 12.7. The third kappa shape index (κ3) is 4.34. The summed E-state index contributed by atoms with van der Waals surface area (Å²) in [5, 5.41) is 11.0. The van der Waals surface area contributed by atoms with E-state index in [1.165, 1.54) is 32.2 Å². The highest BCUT2D eigenvalue weighted by molar-refractivity contribution is 7.89. The molecule has 0 fully saturated rings. The summed E-state index contributed by atoms with van der Waals surface area (Å²) in [5.41, 5.74) is 0.954. The first-order valence-electron chi connectivity index (χ1n) is 7.63. The number of nitro groups is 1. The van der Waals surface area contributed by atoms with Crippen molar-refractivity contribution >= 4 is 15.7 Å². The fourth-order valence-corrected chi connectivity index (χ4v) is 3.76. The molecule has 0 aliphatic heterocycles. The Bertz CT molecular complexity index is 880. The maximum Gasteiger partial charge on any atom is 0.273 e. The Kier molecular flexibility index (Phi) is 5.76. The monoisotopic (exact) mass is 364 g/mol. The predicted octanol–water partition coefficient (Wildman–Crippen LogP) is 2.91. The summed E-state index contributed by atoms with van der Waals surface area (Å²) in [4.78, 5) is 10.3. The molecule has 0 radical (unpaired) electrons. The van der Waals surface area contributed by atoms with Crippen LogP contribution in [0.4, 0.5) is 5.69 Å². The van der Waals surface area contributed by atoms with Gasteiger partial charge in [-0.1, -0.05) is 18.2 Å². The molecule has 0 amide bonds. The molecule has 0 aliphatic carbocycles. The number of rotatable bonds is 7. The van der Waals surface area contributed by atoms with Gasteiger partial charge in [-0.2, -0.15) is 4.31 Å². The van der Waals surface area contributed by atoms with Gasteiger partial charge in [0.15, 0.2) is 0 Å². The molecular formula is C17H20N2O5S. The van der Waals surface area contributed by atoms with E-state index in [-0.39, 0.29) is 29.3 Å².